The molecule has 0 atom stereocenters. The number of hydrogen-bond donors (Lipinski definition) is 1. The smallest absolute Gasteiger partial charge is 0.163 e. The fourth-order valence-corrected chi connectivity index (χ4v) is 2.71. The maximum absolute atomic E-state index is 6.18. The molecule has 0 saturated heterocycles. The molecule has 0 aliphatic carbocycles. The average Bonchev–Trinajstić information content (AvgIpc) is 2.90. The van der Waals surface area contributed by atoms with Crippen molar-refractivity contribution < 1.29 is 9.47 Å². The van der Waals surface area contributed by atoms with E-state index in [1.165, 1.54) is 0 Å². The molecule has 21 heavy (non-hydrogen) atoms. The third-order valence-corrected chi connectivity index (χ3v) is 4.08. The highest BCUT2D eigenvalue weighted by Crippen LogP contribution is 2.35. The van der Waals surface area contributed by atoms with Crippen LogP contribution in [0.3, 0.4) is 0 Å². The Morgan fingerprint density at radius 1 is 1.14 bits per heavy atom. The fraction of sp³-hybridized carbons (Fsp3) is 0.188. The molecule has 0 saturated carbocycles. The van der Waals surface area contributed by atoms with Gasteiger partial charge in [0.1, 0.15) is 19.0 Å². The van der Waals surface area contributed by atoms with Crippen LogP contribution in [0.15, 0.2) is 30.3 Å². The number of rotatable bonds is 1. The number of aromatic nitrogens is 2. The Morgan fingerprint density at radius 2 is 1.90 bits per heavy atom. The summed E-state index contributed by atoms with van der Waals surface area (Å²) in [5.74, 6) is 2.30. The van der Waals surface area contributed by atoms with Crippen molar-refractivity contribution in [2.45, 2.75) is 6.92 Å². The van der Waals surface area contributed by atoms with Crippen LogP contribution >= 0.6 is 11.6 Å². The van der Waals surface area contributed by atoms with Crippen molar-refractivity contribution in [1.82, 2.24) is 9.97 Å². The molecule has 1 N–H and O–H groups in total. The Kier molecular flexibility index (Phi) is 2.79. The highest BCUT2D eigenvalue weighted by molar-refractivity contribution is 6.31. The second-order valence-electron chi connectivity index (χ2n) is 5.01. The molecule has 3 aromatic rings. The lowest BCUT2D eigenvalue weighted by molar-refractivity contribution is 0.172. The molecule has 0 spiro atoms. The minimum atomic E-state index is 0.573. The van der Waals surface area contributed by atoms with Crippen molar-refractivity contribution in [3.8, 4) is 22.9 Å². The number of hydrogen-bond acceptors (Lipinski definition) is 3. The first-order chi connectivity index (χ1) is 10.2. The maximum atomic E-state index is 6.18. The minimum Gasteiger partial charge on any atom is -0.486 e. The van der Waals surface area contributed by atoms with Gasteiger partial charge in [0.15, 0.2) is 11.5 Å². The first kappa shape index (κ1) is 12.5. The van der Waals surface area contributed by atoms with Crippen LogP contribution in [0.4, 0.5) is 0 Å². The van der Waals surface area contributed by atoms with Gasteiger partial charge in [-0.25, -0.2) is 4.98 Å². The number of halogens is 1. The van der Waals surface area contributed by atoms with Crippen LogP contribution < -0.4 is 9.47 Å². The molecule has 106 valence electrons. The van der Waals surface area contributed by atoms with Gasteiger partial charge >= 0.3 is 0 Å². The number of H-pyrrole nitrogens is 1. The summed E-state index contributed by atoms with van der Waals surface area (Å²) in [4.78, 5) is 7.97. The molecule has 0 radical (unpaired) electrons. The number of nitrogens with zero attached hydrogens (tertiary/aromatic N) is 1. The first-order valence-electron chi connectivity index (χ1n) is 6.77. The number of imidazole rings is 1. The van der Waals surface area contributed by atoms with Gasteiger partial charge in [-0.1, -0.05) is 23.7 Å². The average molecular weight is 301 g/mol. The third-order valence-electron chi connectivity index (χ3n) is 3.67. The summed E-state index contributed by atoms with van der Waals surface area (Å²) in [5.41, 5.74) is 3.79. The van der Waals surface area contributed by atoms with E-state index in [0.717, 1.165) is 44.5 Å². The quantitative estimate of drug-likeness (QED) is 0.740. The minimum absolute atomic E-state index is 0.573. The van der Waals surface area contributed by atoms with Gasteiger partial charge in [0.25, 0.3) is 0 Å². The highest BCUT2D eigenvalue weighted by atomic mass is 35.5. The Balaban J connectivity index is 1.89. The lowest BCUT2D eigenvalue weighted by Gasteiger charge is -2.17. The largest absolute Gasteiger partial charge is 0.486 e. The Bertz CT molecular complexity index is 799. The number of ether oxygens (including phenoxy) is 2. The predicted molar refractivity (Wildman–Crippen MR) is 82.3 cm³/mol. The summed E-state index contributed by atoms with van der Waals surface area (Å²) in [6.07, 6.45) is 0. The molecular formula is C16H13ClN2O2. The Morgan fingerprint density at radius 3 is 2.71 bits per heavy atom. The number of benzene rings is 2. The number of aromatic amines is 1. The molecule has 1 aromatic heterocycles. The van der Waals surface area contributed by atoms with Crippen molar-refractivity contribution in [3.63, 3.8) is 0 Å². The fourth-order valence-electron chi connectivity index (χ4n) is 2.54. The van der Waals surface area contributed by atoms with Gasteiger partial charge in [0.2, 0.25) is 0 Å². The highest BCUT2D eigenvalue weighted by Gasteiger charge is 2.16. The van der Waals surface area contributed by atoms with Crippen LogP contribution in [0.25, 0.3) is 22.4 Å². The van der Waals surface area contributed by atoms with E-state index in [1.807, 2.05) is 37.3 Å². The SMILES string of the molecule is Cc1c(Cl)cccc1-c1nc2cc3c(cc2[nH]1)OCCO3. The standard InChI is InChI=1S/C16H13ClN2O2/c1-9-10(3-2-4-11(9)17)16-18-12-7-14-15(8-13(12)19-16)21-6-5-20-14/h2-4,7-8H,5-6H2,1H3,(H,18,19). The molecule has 5 heteroatoms. The molecular weight excluding hydrogens is 288 g/mol. The lowest BCUT2D eigenvalue weighted by atomic mass is 10.1. The van der Waals surface area contributed by atoms with Gasteiger partial charge in [-0.15, -0.1) is 0 Å². The zero-order valence-electron chi connectivity index (χ0n) is 11.4. The van der Waals surface area contributed by atoms with Gasteiger partial charge < -0.3 is 14.5 Å². The molecule has 0 amide bonds. The molecule has 0 bridgehead atoms. The van der Waals surface area contributed by atoms with Crippen LogP contribution in [-0.2, 0) is 0 Å². The van der Waals surface area contributed by atoms with Crippen molar-refractivity contribution in [2.75, 3.05) is 13.2 Å². The van der Waals surface area contributed by atoms with Gasteiger partial charge in [0, 0.05) is 22.7 Å². The number of fused-ring (bicyclic) bond motifs is 2. The van der Waals surface area contributed by atoms with Crippen molar-refractivity contribution >= 4 is 22.6 Å². The van der Waals surface area contributed by atoms with Crippen LogP contribution in [0, 0.1) is 6.92 Å². The molecule has 4 rings (SSSR count). The third kappa shape index (κ3) is 2.03. The van der Waals surface area contributed by atoms with Crippen LogP contribution in [0.1, 0.15) is 5.56 Å². The van der Waals surface area contributed by atoms with E-state index in [2.05, 4.69) is 9.97 Å². The predicted octanol–water partition coefficient (Wildman–Crippen LogP) is 3.96. The second-order valence-corrected chi connectivity index (χ2v) is 5.42. The summed E-state index contributed by atoms with van der Waals surface area (Å²) in [6.45, 7) is 3.14. The van der Waals surface area contributed by atoms with Crippen LogP contribution in [0.2, 0.25) is 5.02 Å². The van der Waals surface area contributed by atoms with Gasteiger partial charge in [0.05, 0.1) is 11.0 Å². The maximum Gasteiger partial charge on any atom is 0.163 e. The molecule has 0 unspecified atom stereocenters. The van der Waals surface area contributed by atoms with Gasteiger partial charge in [-0.2, -0.15) is 0 Å². The van der Waals surface area contributed by atoms with Crippen molar-refractivity contribution in [1.29, 1.82) is 0 Å². The van der Waals surface area contributed by atoms with E-state index in [0.29, 0.717) is 13.2 Å². The molecule has 0 fully saturated rings. The lowest BCUT2D eigenvalue weighted by Crippen LogP contribution is -2.15. The Hall–Kier alpha value is -2.20. The summed E-state index contributed by atoms with van der Waals surface area (Å²) in [6, 6.07) is 9.65. The zero-order chi connectivity index (χ0) is 14.4. The zero-order valence-corrected chi connectivity index (χ0v) is 12.2. The van der Waals surface area contributed by atoms with Crippen LogP contribution in [-0.4, -0.2) is 23.2 Å². The summed E-state index contributed by atoms with van der Waals surface area (Å²) in [5, 5.41) is 0.735. The Labute approximate surface area is 126 Å². The summed E-state index contributed by atoms with van der Waals surface area (Å²) >= 11 is 6.18. The molecule has 4 nitrogen and oxygen atoms in total. The molecule has 2 heterocycles. The first-order valence-corrected chi connectivity index (χ1v) is 7.15. The summed E-state index contributed by atoms with van der Waals surface area (Å²) in [7, 11) is 0. The number of nitrogens with one attached hydrogen (secondary N) is 1. The molecule has 2 aromatic carbocycles. The topological polar surface area (TPSA) is 47.1 Å². The van der Waals surface area contributed by atoms with E-state index in [4.69, 9.17) is 21.1 Å². The molecule has 1 aliphatic rings. The van der Waals surface area contributed by atoms with Crippen LogP contribution in [0.5, 0.6) is 11.5 Å². The van der Waals surface area contributed by atoms with E-state index < -0.39 is 0 Å². The van der Waals surface area contributed by atoms with Crippen molar-refractivity contribution in [3.05, 3.63) is 40.9 Å². The molecule has 1 aliphatic heterocycles. The summed E-state index contributed by atoms with van der Waals surface area (Å²) < 4.78 is 11.2. The van der Waals surface area contributed by atoms with Gasteiger partial charge in [-0.3, -0.25) is 0 Å². The van der Waals surface area contributed by atoms with E-state index in [1.54, 1.807) is 0 Å². The second kappa shape index (κ2) is 4.67. The van der Waals surface area contributed by atoms with Crippen molar-refractivity contribution in [2.24, 2.45) is 0 Å². The van der Waals surface area contributed by atoms with E-state index in [-0.39, 0.29) is 0 Å². The van der Waals surface area contributed by atoms with E-state index in [9.17, 15) is 0 Å². The monoisotopic (exact) mass is 300 g/mol. The van der Waals surface area contributed by atoms with E-state index >= 15 is 0 Å². The normalized spacial score (nSPS) is 13.6. The van der Waals surface area contributed by atoms with Gasteiger partial charge in [-0.05, 0) is 18.6 Å².